The van der Waals surface area contributed by atoms with E-state index in [1.165, 1.54) is 42.2 Å². The molecule has 0 fully saturated rings. The standard InChI is InChI=1S/C26H24N4O4S/c1-17-9-13-23(14-10-17)35(32,33)30-22-8-4-7-20(16-22)24(31)27-26-29-28-25(34-26)21-12-11-18-5-2-3-6-19(18)15-21/h4,7-16,30H,2-3,5-6H2,1H3,(H,27,29,31). The molecule has 5 rings (SSSR count). The molecule has 0 radical (unpaired) electrons. The van der Waals surface area contributed by atoms with E-state index in [0.29, 0.717) is 5.89 Å². The van der Waals surface area contributed by atoms with Crippen molar-refractivity contribution in [2.75, 3.05) is 10.0 Å². The van der Waals surface area contributed by atoms with E-state index in [1.807, 2.05) is 13.0 Å². The predicted molar refractivity (Wildman–Crippen MR) is 133 cm³/mol. The number of rotatable bonds is 6. The second kappa shape index (κ2) is 9.34. The minimum atomic E-state index is -3.79. The molecule has 0 saturated heterocycles. The minimum absolute atomic E-state index is 0.0339. The van der Waals surface area contributed by atoms with Crippen molar-refractivity contribution < 1.29 is 17.6 Å². The summed E-state index contributed by atoms with van der Waals surface area (Å²) in [6, 6.07) is 18.8. The van der Waals surface area contributed by atoms with Gasteiger partial charge in [0.1, 0.15) is 0 Å². The van der Waals surface area contributed by atoms with Crippen molar-refractivity contribution in [1.29, 1.82) is 0 Å². The van der Waals surface area contributed by atoms with Gasteiger partial charge in [0.05, 0.1) is 4.90 Å². The summed E-state index contributed by atoms with van der Waals surface area (Å²) >= 11 is 0. The smallest absolute Gasteiger partial charge is 0.322 e. The molecular weight excluding hydrogens is 464 g/mol. The average Bonchev–Trinajstić information content (AvgIpc) is 3.32. The summed E-state index contributed by atoms with van der Waals surface area (Å²) in [7, 11) is -3.79. The van der Waals surface area contributed by atoms with Crippen LogP contribution >= 0.6 is 0 Å². The number of sulfonamides is 1. The van der Waals surface area contributed by atoms with Gasteiger partial charge in [-0.25, -0.2) is 8.42 Å². The molecule has 35 heavy (non-hydrogen) atoms. The van der Waals surface area contributed by atoms with Crippen molar-refractivity contribution in [2.24, 2.45) is 0 Å². The molecule has 0 spiro atoms. The lowest BCUT2D eigenvalue weighted by molar-refractivity contribution is 0.102. The molecule has 9 heteroatoms. The van der Waals surface area contributed by atoms with Gasteiger partial charge in [-0.15, -0.1) is 5.10 Å². The normalized spacial score (nSPS) is 13.2. The Morgan fingerprint density at radius 2 is 1.69 bits per heavy atom. The van der Waals surface area contributed by atoms with Crippen molar-refractivity contribution in [2.45, 2.75) is 37.5 Å². The number of aromatic nitrogens is 2. The second-order valence-corrected chi connectivity index (χ2v) is 10.2. The van der Waals surface area contributed by atoms with E-state index in [1.54, 1.807) is 30.3 Å². The molecular formula is C26H24N4O4S. The summed E-state index contributed by atoms with van der Waals surface area (Å²) in [5.41, 5.74) is 4.92. The van der Waals surface area contributed by atoms with Gasteiger partial charge in [0.15, 0.2) is 0 Å². The molecule has 0 unspecified atom stereocenters. The lowest BCUT2D eigenvalue weighted by Gasteiger charge is -2.15. The van der Waals surface area contributed by atoms with Crippen LogP contribution in [0.25, 0.3) is 11.5 Å². The van der Waals surface area contributed by atoms with Gasteiger partial charge in [-0.2, -0.15) is 0 Å². The highest BCUT2D eigenvalue weighted by atomic mass is 32.2. The summed E-state index contributed by atoms with van der Waals surface area (Å²) in [6.45, 7) is 1.88. The van der Waals surface area contributed by atoms with Crippen molar-refractivity contribution in [3.8, 4) is 11.5 Å². The molecule has 4 aromatic rings. The van der Waals surface area contributed by atoms with Crippen molar-refractivity contribution in [1.82, 2.24) is 10.2 Å². The zero-order valence-electron chi connectivity index (χ0n) is 19.1. The highest BCUT2D eigenvalue weighted by Gasteiger charge is 2.17. The van der Waals surface area contributed by atoms with Crippen molar-refractivity contribution >= 4 is 27.6 Å². The molecule has 0 atom stereocenters. The minimum Gasteiger partial charge on any atom is -0.403 e. The Bertz CT molecular complexity index is 1490. The summed E-state index contributed by atoms with van der Waals surface area (Å²) < 4.78 is 33.5. The molecule has 1 heterocycles. The topological polar surface area (TPSA) is 114 Å². The molecule has 0 aliphatic heterocycles. The highest BCUT2D eigenvalue weighted by molar-refractivity contribution is 7.92. The number of nitrogens with zero attached hydrogens (tertiary/aromatic N) is 2. The zero-order chi connectivity index (χ0) is 24.4. The van der Waals surface area contributed by atoms with Crippen LogP contribution in [0, 0.1) is 6.92 Å². The summed E-state index contributed by atoms with van der Waals surface area (Å²) in [4.78, 5) is 12.9. The number of hydrogen-bond donors (Lipinski definition) is 2. The van der Waals surface area contributed by atoms with Gasteiger partial charge in [0.25, 0.3) is 15.9 Å². The van der Waals surface area contributed by atoms with Crippen LogP contribution in [-0.2, 0) is 22.9 Å². The van der Waals surface area contributed by atoms with Gasteiger partial charge in [-0.1, -0.05) is 34.9 Å². The number of amides is 1. The third-order valence-electron chi connectivity index (χ3n) is 5.95. The number of aryl methyl sites for hydroxylation is 3. The molecule has 178 valence electrons. The van der Waals surface area contributed by atoms with E-state index in [2.05, 4.69) is 32.4 Å². The molecule has 8 nitrogen and oxygen atoms in total. The fourth-order valence-corrected chi connectivity index (χ4v) is 5.13. The molecule has 1 aliphatic carbocycles. The first-order valence-corrected chi connectivity index (χ1v) is 12.8. The van der Waals surface area contributed by atoms with Crippen LogP contribution in [-0.4, -0.2) is 24.5 Å². The van der Waals surface area contributed by atoms with Gasteiger partial charge in [-0.3, -0.25) is 14.8 Å². The zero-order valence-corrected chi connectivity index (χ0v) is 19.9. The number of hydrogen-bond acceptors (Lipinski definition) is 6. The Kier molecular flexibility index (Phi) is 6.08. The number of carbonyl (C=O) groups excluding carboxylic acids is 1. The van der Waals surface area contributed by atoms with Crippen LogP contribution in [0.4, 0.5) is 11.7 Å². The quantitative estimate of drug-likeness (QED) is 0.396. The maximum atomic E-state index is 12.8. The molecule has 3 aromatic carbocycles. The van der Waals surface area contributed by atoms with Gasteiger partial charge < -0.3 is 4.42 Å². The molecule has 2 N–H and O–H groups in total. The monoisotopic (exact) mass is 488 g/mol. The van der Waals surface area contributed by atoms with E-state index in [-0.39, 0.29) is 22.2 Å². The van der Waals surface area contributed by atoms with Gasteiger partial charge in [0, 0.05) is 16.8 Å². The Morgan fingerprint density at radius 1 is 0.914 bits per heavy atom. The fraction of sp³-hybridized carbons (Fsp3) is 0.192. The van der Waals surface area contributed by atoms with E-state index in [0.717, 1.165) is 24.0 Å². The SMILES string of the molecule is Cc1ccc(S(=O)(=O)Nc2cccc(C(=O)Nc3nnc(-c4ccc5c(c4)CCCC5)o3)c2)cc1. The number of benzene rings is 3. The number of anilines is 2. The Morgan fingerprint density at radius 3 is 2.49 bits per heavy atom. The first-order valence-electron chi connectivity index (χ1n) is 11.3. The molecule has 1 aromatic heterocycles. The molecule has 0 saturated carbocycles. The van der Waals surface area contributed by atoms with Gasteiger partial charge >= 0.3 is 6.01 Å². The van der Waals surface area contributed by atoms with Crippen molar-refractivity contribution in [3.05, 3.63) is 89.0 Å². The number of carbonyl (C=O) groups is 1. The van der Waals surface area contributed by atoms with Crippen molar-refractivity contribution in [3.63, 3.8) is 0 Å². The van der Waals surface area contributed by atoms with Gasteiger partial charge in [-0.05, 0) is 86.2 Å². The first kappa shape index (κ1) is 22.8. The Balaban J connectivity index is 1.29. The Hall–Kier alpha value is -3.98. The second-order valence-electron chi connectivity index (χ2n) is 8.56. The molecule has 1 aliphatic rings. The van der Waals surface area contributed by atoms with E-state index < -0.39 is 15.9 Å². The number of nitrogens with one attached hydrogen (secondary N) is 2. The third-order valence-corrected chi connectivity index (χ3v) is 7.35. The summed E-state index contributed by atoms with van der Waals surface area (Å²) in [5.74, 6) is -0.171. The maximum absolute atomic E-state index is 12.8. The summed E-state index contributed by atoms with van der Waals surface area (Å²) in [5, 5.41) is 10.6. The highest BCUT2D eigenvalue weighted by Crippen LogP contribution is 2.27. The average molecular weight is 489 g/mol. The van der Waals surface area contributed by atoms with Crippen LogP contribution in [0.2, 0.25) is 0 Å². The molecule has 1 amide bonds. The fourth-order valence-electron chi connectivity index (χ4n) is 4.08. The van der Waals surface area contributed by atoms with Gasteiger partial charge in [0.2, 0.25) is 5.89 Å². The summed E-state index contributed by atoms with van der Waals surface area (Å²) in [6.07, 6.45) is 4.49. The maximum Gasteiger partial charge on any atom is 0.322 e. The van der Waals surface area contributed by atoms with Crippen LogP contribution in [0.15, 0.2) is 76.0 Å². The lowest BCUT2D eigenvalue weighted by Crippen LogP contribution is -2.15. The number of fused-ring (bicyclic) bond motifs is 1. The lowest BCUT2D eigenvalue weighted by atomic mass is 9.90. The predicted octanol–water partition coefficient (Wildman–Crippen LogP) is 4.98. The van der Waals surface area contributed by atoms with E-state index in [4.69, 9.17) is 4.42 Å². The third kappa shape index (κ3) is 5.09. The Labute approximate surface area is 203 Å². The van der Waals surface area contributed by atoms with E-state index >= 15 is 0 Å². The van der Waals surface area contributed by atoms with Crippen LogP contribution in [0.5, 0.6) is 0 Å². The largest absolute Gasteiger partial charge is 0.403 e. The van der Waals surface area contributed by atoms with Crippen LogP contribution in [0.3, 0.4) is 0 Å². The van der Waals surface area contributed by atoms with E-state index in [9.17, 15) is 13.2 Å². The van der Waals surface area contributed by atoms with Crippen LogP contribution < -0.4 is 10.0 Å². The first-order chi connectivity index (χ1) is 16.9. The van der Waals surface area contributed by atoms with Crippen LogP contribution in [0.1, 0.15) is 39.9 Å². The molecule has 0 bridgehead atoms.